The van der Waals surface area contributed by atoms with Crippen molar-refractivity contribution in [3.63, 3.8) is 0 Å². The molecule has 0 aliphatic carbocycles. The number of rotatable bonds is 8. The van der Waals surface area contributed by atoms with E-state index in [0.717, 1.165) is 12.2 Å². The lowest BCUT2D eigenvalue weighted by Crippen LogP contribution is -2.15. The molecule has 6 heteroatoms. The maximum absolute atomic E-state index is 11.9. The molecule has 0 unspecified atom stereocenters. The van der Waals surface area contributed by atoms with Crippen molar-refractivity contribution in [2.24, 2.45) is 0 Å². The third kappa shape index (κ3) is 6.08. The molecule has 21 heavy (non-hydrogen) atoms. The molecule has 0 heterocycles. The van der Waals surface area contributed by atoms with Crippen LogP contribution in [0.1, 0.15) is 37.0 Å². The van der Waals surface area contributed by atoms with Crippen molar-refractivity contribution in [1.82, 2.24) is 0 Å². The number of benzene rings is 1. The van der Waals surface area contributed by atoms with E-state index in [0.29, 0.717) is 17.9 Å². The topological polar surface area (TPSA) is 75.6 Å². The van der Waals surface area contributed by atoms with Gasteiger partial charge in [0.1, 0.15) is 5.75 Å². The van der Waals surface area contributed by atoms with E-state index in [9.17, 15) is 9.59 Å². The van der Waals surface area contributed by atoms with E-state index in [2.05, 4.69) is 5.32 Å². The first-order valence-corrected chi connectivity index (χ1v) is 8.16. The molecule has 1 aromatic rings. The van der Waals surface area contributed by atoms with Crippen molar-refractivity contribution < 1.29 is 19.4 Å². The van der Waals surface area contributed by atoms with Crippen LogP contribution < -0.4 is 10.1 Å². The van der Waals surface area contributed by atoms with Crippen molar-refractivity contribution in [2.75, 3.05) is 17.3 Å². The van der Waals surface area contributed by atoms with Crippen LogP contribution in [0.2, 0.25) is 0 Å². The van der Waals surface area contributed by atoms with Gasteiger partial charge in [-0.3, -0.25) is 4.79 Å². The zero-order valence-electron chi connectivity index (χ0n) is 12.5. The summed E-state index contributed by atoms with van der Waals surface area (Å²) in [6, 6.07) is 4.46. The molecule has 0 fully saturated rings. The lowest BCUT2D eigenvalue weighted by molar-refractivity contribution is -0.116. The Balaban J connectivity index is 2.86. The first kappa shape index (κ1) is 17.4. The Morgan fingerprint density at radius 2 is 2.10 bits per heavy atom. The van der Waals surface area contributed by atoms with Gasteiger partial charge in [0.15, 0.2) is 0 Å². The molecule has 1 amide bonds. The number of carbonyl (C=O) groups is 2. The van der Waals surface area contributed by atoms with Gasteiger partial charge in [0, 0.05) is 6.42 Å². The van der Waals surface area contributed by atoms with E-state index in [1.54, 1.807) is 17.8 Å². The van der Waals surface area contributed by atoms with Crippen LogP contribution in [-0.4, -0.2) is 35.1 Å². The van der Waals surface area contributed by atoms with Crippen molar-refractivity contribution in [1.29, 1.82) is 0 Å². The van der Waals surface area contributed by atoms with E-state index in [-0.39, 0.29) is 17.6 Å². The van der Waals surface area contributed by atoms with Gasteiger partial charge in [0.25, 0.3) is 0 Å². The number of aromatic carboxylic acids is 1. The average molecular weight is 311 g/mol. The van der Waals surface area contributed by atoms with Crippen molar-refractivity contribution in [3.05, 3.63) is 23.8 Å². The third-order valence-electron chi connectivity index (χ3n) is 2.62. The SMILES string of the molecule is CSCCCC(=O)Nc1cc(C(=O)O)ccc1OC(C)C. The van der Waals surface area contributed by atoms with E-state index in [1.807, 2.05) is 20.1 Å². The number of amides is 1. The van der Waals surface area contributed by atoms with E-state index >= 15 is 0 Å². The zero-order chi connectivity index (χ0) is 15.8. The molecule has 116 valence electrons. The molecule has 5 nitrogen and oxygen atoms in total. The number of hydrogen-bond acceptors (Lipinski definition) is 4. The molecule has 0 saturated carbocycles. The predicted octanol–water partition coefficient (Wildman–Crippen LogP) is 3.25. The van der Waals surface area contributed by atoms with Crippen molar-refractivity contribution >= 4 is 29.3 Å². The first-order chi connectivity index (χ1) is 9.93. The summed E-state index contributed by atoms with van der Waals surface area (Å²) in [4.78, 5) is 22.9. The molecule has 0 atom stereocenters. The first-order valence-electron chi connectivity index (χ1n) is 6.76. The molecule has 1 rings (SSSR count). The highest BCUT2D eigenvalue weighted by atomic mass is 32.2. The fourth-order valence-electron chi connectivity index (χ4n) is 1.71. The third-order valence-corrected chi connectivity index (χ3v) is 3.31. The van der Waals surface area contributed by atoms with Crippen LogP contribution in [0.25, 0.3) is 0 Å². The van der Waals surface area contributed by atoms with Gasteiger partial charge in [0.05, 0.1) is 17.4 Å². The monoisotopic (exact) mass is 311 g/mol. The van der Waals surface area contributed by atoms with Crippen LogP contribution in [0.15, 0.2) is 18.2 Å². The van der Waals surface area contributed by atoms with Crippen molar-refractivity contribution in [2.45, 2.75) is 32.8 Å². The van der Waals surface area contributed by atoms with E-state index in [4.69, 9.17) is 9.84 Å². The second-order valence-corrected chi connectivity index (χ2v) is 5.81. The Hall–Kier alpha value is -1.69. The molecule has 0 spiro atoms. The smallest absolute Gasteiger partial charge is 0.335 e. The fraction of sp³-hybridized carbons (Fsp3) is 0.467. The second kappa shape index (κ2) is 8.56. The summed E-state index contributed by atoms with van der Waals surface area (Å²) in [5, 5.41) is 11.8. The maximum Gasteiger partial charge on any atom is 0.335 e. The van der Waals surface area contributed by atoms with Gasteiger partial charge in [-0.05, 0) is 50.5 Å². The van der Waals surface area contributed by atoms with Gasteiger partial charge in [-0.25, -0.2) is 4.79 Å². The predicted molar refractivity (Wildman–Crippen MR) is 85.4 cm³/mol. The molecule has 0 saturated heterocycles. The second-order valence-electron chi connectivity index (χ2n) is 4.83. The summed E-state index contributed by atoms with van der Waals surface area (Å²) in [5.41, 5.74) is 0.517. The van der Waals surface area contributed by atoms with Gasteiger partial charge in [-0.1, -0.05) is 0 Å². The number of nitrogens with one attached hydrogen (secondary N) is 1. The number of anilines is 1. The molecule has 2 N–H and O–H groups in total. The Morgan fingerprint density at radius 3 is 2.67 bits per heavy atom. The summed E-state index contributed by atoms with van der Waals surface area (Å²) in [6.07, 6.45) is 3.11. The molecule has 0 aliphatic rings. The van der Waals surface area contributed by atoms with Crippen LogP contribution in [0.5, 0.6) is 5.75 Å². The minimum Gasteiger partial charge on any atom is -0.489 e. The Labute approximate surface area is 129 Å². The summed E-state index contributed by atoms with van der Waals surface area (Å²) < 4.78 is 5.59. The molecule has 0 aliphatic heterocycles. The minimum atomic E-state index is -1.04. The zero-order valence-corrected chi connectivity index (χ0v) is 13.3. The maximum atomic E-state index is 11.9. The Morgan fingerprint density at radius 1 is 1.38 bits per heavy atom. The van der Waals surface area contributed by atoms with E-state index in [1.165, 1.54) is 12.1 Å². The largest absolute Gasteiger partial charge is 0.489 e. The van der Waals surface area contributed by atoms with Crippen LogP contribution in [-0.2, 0) is 4.79 Å². The quantitative estimate of drug-likeness (QED) is 0.721. The standard InChI is InChI=1S/C15H21NO4S/c1-10(2)20-13-7-6-11(15(18)19)9-12(13)16-14(17)5-4-8-21-3/h6-7,9-10H,4-5,8H2,1-3H3,(H,16,17)(H,18,19). The van der Waals surface area contributed by atoms with Gasteiger partial charge in [-0.15, -0.1) is 0 Å². The lowest BCUT2D eigenvalue weighted by atomic mass is 10.1. The van der Waals surface area contributed by atoms with Crippen molar-refractivity contribution in [3.8, 4) is 5.75 Å². The number of ether oxygens (including phenoxy) is 1. The highest BCUT2D eigenvalue weighted by Crippen LogP contribution is 2.27. The number of hydrogen-bond donors (Lipinski definition) is 2. The van der Waals surface area contributed by atoms with E-state index < -0.39 is 5.97 Å². The number of carbonyl (C=O) groups excluding carboxylic acids is 1. The summed E-state index contributed by atoms with van der Waals surface area (Å²) in [7, 11) is 0. The molecule has 0 radical (unpaired) electrons. The number of carboxylic acid groups (broad SMARTS) is 1. The van der Waals surface area contributed by atoms with Gasteiger partial charge >= 0.3 is 5.97 Å². The molecular formula is C15H21NO4S. The van der Waals surface area contributed by atoms with Crippen LogP contribution in [0, 0.1) is 0 Å². The summed E-state index contributed by atoms with van der Waals surface area (Å²) >= 11 is 1.69. The Bertz CT molecular complexity index is 502. The van der Waals surface area contributed by atoms with Gasteiger partial charge < -0.3 is 15.2 Å². The average Bonchev–Trinajstić information content (AvgIpc) is 2.40. The lowest BCUT2D eigenvalue weighted by Gasteiger charge is -2.15. The molecular weight excluding hydrogens is 290 g/mol. The summed E-state index contributed by atoms with van der Waals surface area (Å²) in [5.74, 6) is 0.218. The number of carboxylic acids is 1. The highest BCUT2D eigenvalue weighted by molar-refractivity contribution is 7.98. The van der Waals surface area contributed by atoms with Crippen LogP contribution >= 0.6 is 11.8 Å². The Kier molecular flexibility index (Phi) is 7.08. The highest BCUT2D eigenvalue weighted by Gasteiger charge is 2.13. The normalized spacial score (nSPS) is 10.5. The molecule has 1 aromatic carbocycles. The fourth-order valence-corrected chi connectivity index (χ4v) is 2.14. The molecule has 0 aromatic heterocycles. The molecule has 0 bridgehead atoms. The van der Waals surface area contributed by atoms with Crippen LogP contribution in [0.4, 0.5) is 5.69 Å². The van der Waals surface area contributed by atoms with Gasteiger partial charge in [0.2, 0.25) is 5.91 Å². The summed E-state index contributed by atoms with van der Waals surface area (Å²) in [6.45, 7) is 3.74. The minimum absolute atomic E-state index is 0.0622. The van der Waals surface area contributed by atoms with Crippen LogP contribution in [0.3, 0.4) is 0 Å². The van der Waals surface area contributed by atoms with Gasteiger partial charge in [-0.2, -0.15) is 11.8 Å². The number of thioether (sulfide) groups is 1.